The highest BCUT2D eigenvalue weighted by atomic mass is 19.1. The standard InChI is InChI=1S/C13H14FNO3/c14-10-7-2-1-6-9(10)11(13(17)18)15-12(16)8-4-3-5-8/h1-2,6-8,11H,3-5H2,(H,15,16)(H,17,18)/t11-/m1/s1. The highest BCUT2D eigenvalue weighted by Gasteiger charge is 2.30. The SMILES string of the molecule is O=C(N[C@@H](C(=O)O)c1ccccc1F)C1CCC1. The summed E-state index contributed by atoms with van der Waals surface area (Å²) in [5.41, 5.74) is -0.0160. The maximum Gasteiger partial charge on any atom is 0.331 e. The second kappa shape index (κ2) is 5.16. The van der Waals surface area contributed by atoms with E-state index >= 15 is 0 Å². The van der Waals surface area contributed by atoms with E-state index in [9.17, 15) is 14.0 Å². The molecule has 0 aliphatic heterocycles. The lowest BCUT2D eigenvalue weighted by atomic mass is 9.84. The number of carbonyl (C=O) groups excluding carboxylic acids is 1. The summed E-state index contributed by atoms with van der Waals surface area (Å²) in [6.07, 6.45) is 2.53. The van der Waals surface area contributed by atoms with Crippen LogP contribution in [0.3, 0.4) is 0 Å². The number of hydrogen-bond donors (Lipinski definition) is 2. The van der Waals surface area contributed by atoms with Crippen LogP contribution in [0.2, 0.25) is 0 Å². The van der Waals surface area contributed by atoms with Crippen molar-refractivity contribution in [3.63, 3.8) is 0 Å². The molecule has 2 rings (SSSR count). The molecule has 0 aromatic heterocycles. The van der Waals surface area contributed by atoms with Gasteiger partial charge in [0.2, 0.25) is 5.91 Å². The number of rotatable bonds is 4. The van der Waals surface area contributed by atoms with Crippen LogP contribution in [0.25, 0.3) is 0 Å². The normalized spacial score (nSPS) is 16.7. The summed E-state index contributed by atoms with van der Waals surface area (Å²) in [6, 6.07) is 4.25. The fourth-order valence-electron chi connectivity index (χ4n) is 1.91. The summed E-state index contributed by atoms with van der Waals surface area (Å²) in [6.45, 7) is 0. The van der Waals surface area contributed by atoms with Gasteiger partial charge in [-0.3, -0.25) is 4.79 Å². The van der Waals surface area contributed by atoms with Gasteiger partial charge in [-0.15, -0.1) is 0 Å². The third-order valence-electron chi connectivity index (χ3n) is 3.23. The predicted molar refractivity (Wildman–Crippen MR) is 62.3 cm³/mol. The molecule has 1 aromatic rings. The van der Waals surface area contributed by atoms with Crippen LogP contribution in [-0.4, -0.2) is 17.0 Å². The van der Waals surface area contributed by atoms with Crippen molar-refractivity contribution >= 4 is 11.9 Å². The maximum atomic E-state index is 13.5. The van der Waals surface area contributed by atoms with Crippen LogP contribution in [0.15, 0.2) is 24.3 Å². The number of nitrogens with one attached hydrogen (secondary N) is 1. The summed E-state index contributed by atoms with van der Waals surface area (Å²) in [4.78, 5) is 22.9. The average molecular weight is 251 g/mol. The van der Waals surface area contributed by atoms with Crippen LogP contribution >= 0.6 is 0 Å². The minimum atomic E-state index is -1.32. The molecule has 96 valence electrons. The minimum absolute atomic E-state index is 0.0160. The van der Waals surface area contributed by atoms with Gasteiger partial charge in [0.05, 0.1) is 0 Å². The van der Waals surface area contributed by atoms with Gasteiger partial charge in [0.25, 0.3) is 0 Å². The van der Waals surface area contributed by atoms with Gasteiger partial charge in [-0.05, 0) is 18.9 Å². The molecule has 1 aromatic carbocycles. The molecule has 1 atom stereocenters. The Bertz CT molecular complexity index is 471. The molecule has 4 nitrogen and oxygen atoms in total. The van der Waals surface area contributed by atoms with Gasteiger partial charge < -0.3 is 10.4 Å². The van der Waals surface area contributed by atoms with Gasteiger partial charge in [0.15, 0.2) is 6.04 Å². The van der Waals surface area contributed by atoms with Crippen molar-refractivity contribution in [2.24, 2.45) is 5.92 Å². The Hall–Kier alpha value is -1.91. The molecule has 0 unspecified atom stereocenters. The third-order valence-corrected chi connectivity index (χ3v) is 3.23. The van der Waals surface area contributed by atoms with Crippen molar-refractivity contribution in [1.29, 1.82) is 0 Å². The molecular weight excluding hydrogens is 237 g/mol. The van der Waals surface area contributed by atoms with Crippen LogP contribution < -0.4 is 5.32 Å². The molecule has 0 radical (unpaired) electrons. The summed E-state index contributed by atoms with van der Waals surface area (Å²) in [7, 11) is 0. The second-order valence-electron chi connectivity index (χ2n) is 4.43. The van der Waals surface area contributed by atoms with Gasteiger partial charge in [-0.25, -0.2) is 9.18 Å². The van der Waals surface area contributed by atoms with E-state index in [1.54, 1.807) is 6.07 Å². The highest BCUT2D eigenvalue weighted by Crippen LogP contribution is 2.27. The number of carbonyl (C=O) groups is 2. The van der Waals surface area contributed by atoms with Gasteiger partial charge in [0, 0.05) is 11.5 Å². The summed E-state index contributed by atoms with van der Waals surface area (Å²) < 4.78 is 13.5. The number of carboxylic acid groups (broad SMARTS) is 1. The molecule has 1 aliphatic rings. The van der Waals surface area contributed by atoms with Crippen molar-refractivity contribution in [1.82, 2.24) is 5.32 Å². The Morgan fingerprint density at radius 1 is 1.33 bits per heavy atom. The predicted octanol–water partition coefficient (Wildman–Crippen LogP) is 1.87. The molecule has 1 fully saturated rings. The molecule has 0 bridgehead atoms. The van der Waals surface area contributed by atoms with Crippen molar-refractivity contribution in [3.05, 3.63) is 35.6 Å². The molecule has 0 heterocycles. The van der Waals surface area contributed by atoms with Gasteiger partial charge in [-0.1, -0.05) is 24.6 Å². The van der Waals surface area contributed by atoms with E-state index in [1.807, 2.05) is 0 Å². The van der Waals surface area contributed by atoms with Crippen LogP contribution in [-0.2, 0) is 9.59 Å². The van der Waals surface area contributed by atoms with Crippen LogP contribution in [0.1, 0.15) is 30.9 Å². The first kappa shape index (κ1) is 12.5. The zero-order valence-corrected chi connectivity index (χ0v) is 9.73. The molecular formula is C13H14FNO3. The van der Waals surface area contributed by atoms with Gasteiger partial charge >= 0.3 is 5.97 Å². The van der Waals surface area contributed by atoms with E-state index in [-0.39, 0.29) is 17.4 Å². The first-order valence-electron chi connectivity index (χ1n) is 5.87. The lowest BCUT2D eigenvalue weighted by molar-refractivity contribution is -0.143. The Labute approximate surface area is 104 Å². The van der Waals surface area contributed by atoms with Gasteiger partial charge in [0.1, 0.15) is 5.82 Å². The highest BCUT2D eigenvalue weighted by molar-refractivity contribution is 5.86. The zero-order chi connectivity index (χ0) is 13.1. The second-order valence-corrected chi connectivity index (χ2v) is 4.43. The Kier molecular flexibility index (Phi) is 3.60. The van der Waals surface area contributed by atoms with E-state index in [0.29, 0.717) is 0 Å². The molecule has 1 amide bonds. The fraction of sp³-hybridized carbons (Fsp3) is 0.385. The van der Waals surface area contributed by atoms with E-state index in [1.165, 1.54) is 18.2 Å². The largest absolute Gasteiger partial charge is 0.479 e. The summed E-state index contributed by atoms with van der Waals surface area (Å²) in [5.74, 6) is -2.32. The number of hydrogen-bond acceptors (Lipinski definition) is 2. The fourth-order valence-corrected chi connectivity index (χ4v) is 1.91. The van der Waals surface area contributed by atoms with Crippen LogP contribution in [0, 0.1) is 11.7 Å². The lowest BCUT2D eigenvalue weighted by Gasteiger charge is -2.26. The van der Waals surface area contributed by atoms with Crippen molar-refractivity contribution in [2.45, 2.75) is 25.3 Å². The summed E-state index contributed by atoms with van der Waals surface area (Å²) >= 11 is 0. The first-order chi connectivity index (χ1) is 8.59. The lowest BCUT2D eigenvalue weighted by Crippen LogP contribution is -2.40. The molecule has 1 aliphatic carbocycles. The molecule has 0 saturated heterocycles. The summed E-state index contributed by atoms with van der Waals surface area (Å²) in [5, 5.41) is 11.5. The topological polar surface area (TPSA) is 66.4 Å². The van der Waals surface area contributed by atoms with Crippen LogP contribution in [0.5, 0.6) is 0 Å². The number of carboxylic acids is 1. The molecule has 0 spiro atoms. The molecule has 18 heavy (non-hydrogen) atoms. The number of benzene rings is 1. The van der Waals surface area contributed by atoms with E-state index in [4.69, 9.17) is 5.11 Å². The van der Waals surface area contributed by atoms with E-state index in [0.717, 1.165) is 19.3 Å². The number of halogens is 1. The molecule has 5 heteroatoms. The van der Waals surface area contributed by atoms with Crippen molar-refractivity contribution in [2.75, 3.05) is 0 Å². The van der Waals surface area contributed by atoms with E-state index in [2.05, 4.69) is 5.32 Å². The smallest absolute Gasteiger partial charge is 0.331 e. The number of aliphatic carboxylic acids is 1. The quantitative estimate of drug-likeness (QED) is 0.858. The molecule has 1 saturated carbocycles. The average Bonchev–Trinajstić information content (AvgIpc) is 2.24. The number of amides is 1. The first-order valence-corrected chi connectivity index (χ1v) is 5.87. The third kappa shape index (κ3) is 2.50. The zero-order valence-electron chi connectivity index (χ0n) is 9.73. The monoisotopic (exact) mass is 251 g/mol. The van der Waals surface area contributed by atoms with Crippen molar-refractivity contribution in [3.8, 4) is 0 Å². The maximum absolute atomic E-state index is 13.5. The van der Waals surface area contributed by atoms with Gasteiger partial charge in [-0.2, -0.15) is 0 Å². The molecule has 2 N–H and O–H groups in total. The Balaban J connectivity index is 2.16. The Morgan fingerprint density at radius 2 is 2.00 bits per heavy atom. The Morgan fingerprint density at radius 3 is 2.50 bits per heavy atom. The minimum Gasteiger partial charge on any atom is -0.479 e. The van der Waals surface area contributed by atoms with Crippen LogP contribution in [0.4, 0.5) is 4.39 Å². The van der Waals surface area contributed by atoms with Crippen molar-refractivity contribution < 1.29 is 19.1 Å². The van der Waals surface area contributed by atoms with E-state index < -0.39 is 17.8 Å².